The molecule has 216 valence electrons. The third kappa shape index (κ3) is 6.75. The molecule has 42 heavy (non-hydrogen) atoms. The molecule has 3 N–H and O–H groups in total. The van der Waals surface area contributed by atoms with Gasteiger partial charge in [0.25, 0.3) is 10.0 Å². The predicted molar refractivity (Wildman–Crippen MR) is 166 cm³/mol. The molecule has 2 heterocycles. The molecule has 0 radical (unpaired) electrons. The number of carbonyl (C=O) groups is 1. The number of anilines is 2. The van der Waals surface area contributed by atoms with Crippen molar-refractivity contribution in [3.8, 4) is 22.5 Å². The second kappa shape index (κ2) is 12.3. The maximum absolute atomic E-state index is 13.3. The van der Waals surface area contributed by atoms with Gasteiger partial charge in [-0.15, -0.1) is 0 Å². The van der Waals surface area contributed by atoms with Crippen molar-refractivity contribution in [3.05, 3.63) is 95.7 Å². The number of sulfonamides is 1. The van der Waals surface area contributed by atoms with E-state index in [9.17, 15) is 13.2 Å². The number of aromatic nitrogens is 3. The van der Waals surface area contributed by atoms with Crippen LogP contribution in [0.2, 0.25) is 0 Å². The lowest BCUT2D eigenvalue weighted by molar-refractivity contribution is -0.115. The first-order chi connectivity index (χ1) is 20.1. The van der Waals surface area contributed by atoms with Gasteiger partial charge in [0.2, 0.25) is 5.91 Å². The van der Waals surface area contributed by atoms with Crippen molar-refractivity contribution in [3.63, 3.8) is 0 Å². The summed E-state index contributed by atoms with van der Waals surface area (Å²) in [5.41, 5.74) is 6.52. The fourth-order valence-electron chi connectivity index (χ4n) is 4.27. The summed E-state index contributed by atoms with van der Waals surface area (Å²) in [6, 6.07) is 23.9. The van der Waals surface area contributed by atoms with Gasteiger partial charge in [0.15, 0.2) is 11.0 Å². The number of nitrogens with one attached hydrogen (secondary N) is 3. The summed E-state index contributed by atoms with van der Waals surface area (Å²) in [5, 5.41) is 6.76. The summed E-state index contributed by atoms with van der Waals surface area (Å²) in [6.07, 6.45) is 0.560. The summed E-state index contributed by atoms with van der Waals surface area (Å²) in [5.74, 6) is 0.377. The molecule has 0 aliphatic carbocycles. The smallest absolute Gasteiger partial charge is 0.263 e. The summed E-state index contributed by atoms with van der Waals surface area (Å²) in [4.78, 5) is 21.6. The molecule has 0 saturated heterocycles. The first kappa shape index (κ1) is 29.2. The molecular formula is C31H31N5O4S2. The van der Waals surface area contributed by atoms with E-state index in [2.05, 4.69) is 56.6 Å². The van der Waals surface area contributed by atoms with Gasteiger partial charge in [0.1, 0.15) is 5.76 Å². The van der Waals surface area contributed by atoms with Crippen molar-refractivity contribution in [2.45, 2.75) is 49.4 Å². The standard InChI is InChI=1S/C31H31N5O4S2/c1-5-26(30(37)32-24-14-16-25(17-15-24)42(38,39)36-27-18-21(4)40-35-27)41-31-33-28(22-10-6-19(2)7-11-22)29(34-31)23-12-8-20(3)9-13-23/h6-18,26H,5H2,1-4H3,(H,32,37)(H,33,34)(H,35,36). The lowest BCUT2D eigenvalue weighted by Gasteiger charge is -2.14. The van der Waals surface area contributed by atoms with Crippen LogP contribution in [-0.4, -0.2) is 34.7 Å². The molecule has 9 nitrogen and oxygen atoms in total. The van der Waals surface area contributed by atoms with E-state index in [1.54, 1.807) is 19.1 Å². The Morgan fingerprint density at radius 3 is 2.12 bits per heavy atom. The normalized spacial score (nSPS) is 12.2. The molecule has 11 heteroatoms. The summed E-state index contributed by atoms with van der Waals surface area (Å²) >= 11 is 1.36. The highest BCUT2D eigenvalue weighted by Gasteiger charge is 2.23. The van der Waals surface area contributed by atoms with Crippen molar-refractivity contribution in [2.24, 2.45) is 0 Å². The van der Waals surface area contributed by atoms with E-state index in [0.717, 1.165) is 28.1 Å². The first-order valence-corrected chi connectivity index (χ1v) is 15.8. The average Bonchev–Trinajstić information content (AvgIpc) is 3.58. The molecule has 0 aliphatic heterocycles. The van der Waals surface area contributed by atoms with E-state index in [-0.39, 0.29) is 16.6 Å². The molecule has 5 rings (SSSR count). The van der Waals surface area contributed by atoms with Gasteiger partial charge in [-0.05, 0) is 51.5 Å². The maximum Gasteiger partial charge on any atom is 0.263 e. The number of aryl methyl sites for hydroxylation is 3. The average molecular weight is 602 g/mol. The van der Waals surface area contributed by atoms with Crippen molar-refractivity contribution < 1.29 is 17.7 Å². The van der Waals surface area contributed by atoms with Gasteiger partial charge in [0.05, 0.1) is 21.5 Å². The van der Waals surface area contributed by atoms with E-state index >= 15 is 0 Å². The van der Waals surface area contributed by atoms with Crippen LogP contribution in [0.15, 0.2) is 93.4 Å². The monoisotopic (exact) mass is 601 g/mol. The molecule has 2 aromatic heterocycles. The van der Waals surface area contributed by atoms with Crippen LogP contribution >= 0.6 is 11.8 Å². The SMILES string of the molecule is CCC(Sc1nc(-c2ccc(C)cc2)c(-c2ccc(C)cc2)[nH]1)C(=O)Nc1ccc(S(=O)(=O)Nc2cc(C)on2)cc1. The second-order valence-corrected chi connectivity index (χ2v) is 12.8. The Morgan fingerprint density at radius 1 is 0.929 bits per heavy atom. The number of aromatic amines is 1. The Bertz CT molecular complexity index is 1730. The number of hydrogen-bond acceptors (Lipinski definition) is 7. The van der Waals surface area contributed by atoms with Gasteiger partial charge in [-0.3, -0.25) is 9.52 Å². The molecule has 0 bridgehead atoms. The number of imidazole rings is 1. The van der Waals surface area contributed by atoms with E-state index in [1.807, 2.05) is 32.9 Å². The topological polar surface area (TPSA) is 130 Å². The summed E-state index contributed by atoms with van der Waals surface area (Å²) in [7, 11) is -3.86. The molecule has 0 spiro atoms. The van der Waals surface area contributed by atoms with Crippen molar-refractivity contribution in [2.75, 3.05) is 10.0 Å². The van der Waals surface area contributed by atoms with Crippen LogP contribution in [0, 0.1) is 20.8 Å². The van der Waals surface area contributed by atoms with Gasteiger partial charge >= 0.3 is 0 Å². The zero-order valence-electron chi connectivity index (χ0n) is 23.6. The summed E-state index contributed by atoms with van der Waals surface area (Å²) in [6.45, 7) is 7.70. The minimum Gasteiger partial charge on any atom is -0.360 e. The van der Waals surface area contributed by atoms with Crippen molar-refractivity contribution in [1.82, 2.24) is 15.1 Å². The van der Waals surface area contributed by atoms with Gasteiger partial charge in [-0.1, -0.05) is 83.5 Å². The van der Waals surface area contributed by atoms with Crippen LogP contribution in [0.3, 0.4) is 0 Å². The fourth-order valence-corrected chi connectivity index (χ4v) is 6.16. The maximum atomic E-state index is 13.3. The molecule has 0 aliphatic rings. The molecule has 1 unspecified atom stereocenters. The van der Waals surface area contributed by atoms with Gasteiger partial charge in [-0.2, -0.15) is 0 Å². The van der Waals surface area contributed by atoms with Crippen LogP contribution in [-0.2, 0) is 14.8 Å². The second-order valence-electron chi connectivity index (χ2n) is 9.95. The zero-order valence-corrected chi connectivity index (χ0v) is 25.3. The number of thioether (sulfide) groups is 1. The molecule has 0 fully saturated rings. The van der Waals surface area contributed by atoms with Crippen LogP contribution in [0.1, 0.15) is 30.2 Å². The van der Waals surface area contributed by atoms with E-state index in [4.69, 9.17) is 9.51 Å². The zero-order chi connectivity index (χ0) is 29.9. The van der Waals surface area contributed by atoms with Gasteiger partial charge in [-0.25, -0.2) is 13.4 Å². The Kier molecular flexibility index (Phi) is 8.51. The largest absolute Gasteiger partial charge is 0.360 e. The van der Waals surface area contributed by atoms with Crippen LogP contribution in [0.5, 0.6) is 0 Å². The number of benzene rings is 3. The van der Waals surface area contributed by atoms with Crippen LogP contribution in [0.25, 0.3) is 22.5 Å². The number of nitrogens with zero attached hydrogens (tertiary/aromatic N) is 2. The number of hydrogen-bond donors (Lipinski definition) is 3. The van der Waals surface area contributed by atoms with Crippen LogP contribution in [0.4, 0.5) is 11.5 Å². The molecule has 3 aromatic carbocycles. The van der Waals surface area contributed by atoms with Crippen molar-refractivity contribution in [1.29, 1.82) is 0 Å². The third-order valence-electron chi connectivity index (χ3n) is 6.56. The van der Waals surface area contributed by atoms with Gasteiger partial charge < -0.3 is 14.8 Å². The molecular weight excluding hydrogens is 571 g/mol. The molecule has 5 aromatic rings. The molecule has 1 amide bonds. The first-order valence-electron chi connectivity index (χ1n) is 13.4. The Hall–Kier alpha value is -4.35. The molecule has 1 atom stereocenters. The Balaban J connectivity index is 1.32. The van der Waals surface area contributed by atoms with Gasteiger partial charge in [0, 0.05) is 22.9 Å². The minimum atomic E-state index is -3.86. The van der Waals surface area contributed by atoms with Crippen molar-refractivity contribution >= 4 is 39.2 Å². The fraction of sp³-hybridized carbons (Fsp3) is 0.194. The van der Waals surface area contributed by atoms with E-state index < -0.39 is 15.3 Å². The number of H-pyrrole nitrogens is 1. The predicted octanol–water partition coefficient (Wildman–Crippen LogP) is 6.97. The molecule has 0 saturated carbocycles. The highest BCUT2D eigenvalue weighted by molar-refractivity contribution is 8.00. The van der Waals surface area contributed by atoms with E-state index in [1.165, 1.54) is 35.5 Å². The number of rotatable bonds is 10. The van der Waals surface area contributed by atoms with E-state index in [0.29, 0.717) is 23.0 Å². The minimum absolute atomic E-state index is 0.0328. The summed E-state index contributed by atoms with van der Waals surface area (Å²) < 4.78 is 32.6. The Morgan fingerprint density at radius 2 is 1.55 bits per heavy atom. The number of carbonyl (C=O) groups excluding carboxylic acids is 1. The third-order valence-corrected chi connectivity index (χ3v) is 9.18. The Labute approximate surface area is 249 Å². The lowest BCUT2D eigenvalue weighted by atomic mass is 10.0. The van der Waals surface area contributed by atoms with Crippen LogP contribution < -0.4 is 10.0 Å². The highest BCUT2D eigenvalue weighted by atomic mass is 32.2. The highest BCUT2D eigenvalue weighted by Crippen LogP contribution is 2.35. The number of amides is 1. The lowest BCUT2D eigenvalue weighted by Crippen LogP contribution is -2.24. The quantitative estimate of drug-likeness (QED) is 0.147.